The predicted octanol–water partition coefficient (Wildman–Crippen LogP) is 4.07. The van der Waals surface area contributed by atoms with Gasteiger partial charge in [-0.05, 0) is 69.1 Å². The number of nitrogens with zero attached hydrogens (tertiary/aromatic N) is 1. The van der Waals surface area contributed by atoms with Gasteiger partial charge in [0.1, 0.15) is 0 Å². The summed E-state index contributed by atoms with van der Waals surface area (Å²) >= 11 is 3.12. The lowest BCUT2D eigenvalue weighted by atomic mass is 9.79. The van der Waals surface area contributed by atoms with Crippen LogP contribution in [0.1, 0.15) is 36.4 Å². The molecule has 2 bridgehead atoms. The summed E-state index contributed by atoms with van der Waals surface area (Å²) in [6, 6.07) is 12.3. The van der Waals surface area contributed by atoms with Crippen LogP contribution in [-0.4, -0.2) is 41.9 Å². The van der Waals surface area contributed by atoms with Crippen LogP contribution in [0, 0.1) is 5.92 Å². The van der Waals surface area contributed by atoms with E-state index in [4.69, 9.17) is 0 Å². The SMILES string of the molecule is CC(=O)Nc1cccc(Sc2ccc(C(=O)N[C@@H]3C4CCN(CC4)[C@H]3C)s2)c1. The number of carbonyl (C=O) groups excluding carboxylic acids is 2. The summed E-state index contributed by atoms with van der Waals surface area (Å²) in [6.07, 6.45) is 2.37. The van der Waals surface area contributed by atoms with Gasteiger partial charge in [0.05, 0.1) is 9.09 Å². The van der Waals surface area contributed by atoms with E-state index in [-0.39, 0.29) is 17.9 Å². The molecule has 2 atom stereocenters. The Bertz CT molecular complexity index is 872. The first-order valence-electron chi connectivity index (χ1n) is 9.70. The molecule has 5 nitrogen and oxygen atoms in total. The average Bonchev–Trinajstić information content (AvgIpc) is 3.13. The number of thiophene rings is 1. The molecule has 0 aliphatic carbocycles. The highest BCUT2D eigenvalue weighted by molar-refractivity contribution is 8.01. The van der Waals surface area contributed by atoms with Gasteiger partial charge in [0.25, 0.3) is 5.91 Å². The molecule has 2 amide bonds. The molecule has 148 valence electrons. The van der Waals surface area contributed by atoms with Crippen LogP contribution < -0.4 is 10.6 Å². The maximum absolute atomic E-state index is 12.8. The van der Waals surface area contributed by atoms with Crippen molar-refractivity contribution < 1.29 is 9.59 Å². The third-order valence-corrected chi connectivity index (χ3v) is 7.86. The molecule has 3 aliphatic heterocycles. The normalized spacial score (nSPS) is 26.1. The summed E-state index contributed by atoms with van der Waals surface area (Å²) in [5.74, 6) is 0.558. The molecule has 7 heteroatoms. The number of amides is 2. The fourth-order valence-corrected chi connectivity index (χ4v) is 6.29. The van der Waals surface area contributed by atoms with Crippen molar-refractivity contribution in [3.05, 3.63) is 41.3 Å². The summed E-state index contributed by atoms with van der Waals surface area (Å²) in [7, 11) is 0. The number of anilines is 1. The zero-order valence-corrected chi connectivity index (χ0v) is 17.7. The molecule has 1 aromatic heterocycles. The number of carbonyl (C=O) groups is 2. The van der Waals surface area contributed by atoms with Crippen LogP contribution in [0.25, 0.3) is 0 Å². The van der Waals surface area contributed by atoms with Gasteiger partial charge < -0.3 is 10.6 Å². The van der Waals surface area contributed by atoms with Crippen molar-refractivity contribution in [2.24, 2.45) is 5.92 Å². The number of fused-ring (bicyclic) bond motifs is 3. The molecule has 3 saturated heterocycles. The molecule has 1 aromatic carbocycles. The Morgan fingerprint density at radius 1 is 1.18 bits per heavy atom. The van der Waals surface area contributed by atoms with Gasteiger partial charge in [-0.1, -0.05) is 17.8 Å². The highest BCUT2D eigenvalue weighted by atomic mass is 32.2. The Labute approximate surface area is 173 Å². The minimum Gasteiger partial charge on any atom is -0.347 e. The van der Waals surface area contributed by atoms with Crippen LogP contribution in [0.5, 0.6) is 0 Å². The van der Waals surface area contributed by atoms with Crippen molar-refractivity contribution in [3.63, 3.8) is 0 Å². The molecule has 2 N–H and O–H groups in total. The van der Waals surface area contributed by atoms with Crippen molar-refractivity contribution in [1.29, 1.82) is 0 Å². The summed E-state index contributed by atoms with van der Waals surface area (Å²) in [6.45, 7) is 6.05. The van der Waals surface area contributed by atoms with E-state index in [2.05, 4.69) is 22.5 Å². The Kier molecular flexibility index (Phi) is 5.75. The lowest BCUT2D eigenvalue weighted by Crippen LogP contribution is -2.62. The fraction of sp³-hybridized carbons (Fsp3) is 0.429. The smallest absolute Gasteiger partial charge is 0.261 e. The van der Waals surface area contributed by atoms with Crippen LogP contribution in [0.4, 0.5) is 5.69 Å². The molecule has 4 heterocycles. The summed E-state index contributed by atoms with van der Waals surface area (Å²) in [4.78, 5) is 28.3. The van der Waals surface area contributed by atoms with Gasteiger partial charge in [0.2, 0.25) is 5.91 Å². The maximum atomic E-state index is 12.8. The van der Waals surface area contributed by atoms with E-state index in [0.29, 0.717) is 12.0 Å². The Balaban J connectivity index is 1.40. The van der Waals surface area contributed by atoms with Gasteiger partial charge >= 0.3 is 0 Å². The second-order valence-corrected chi connectivity index (χ2v) is 10.0. The van der Waals surface area contributed by atoms with E-state index in [1.807, 2.05) is 36.4 Å². The number of benzene rings is 1. The standard InChI is InChI=1S/C21H25N3O2S2/c1-13-20(15-8-10-24(13)11-9-15)23-21(26)18-6-7-19(28-18)27-17-5-3-4-16(12-17)22-14(2)25/h3-7,12-13,15,20H,8-11H2,1-2H3,(H,22,25)(H,23,26)/t13-,20-/m0/s1. The van der Waals surface area contributed by atoms with Gasteiger partial charge in [-0.2, -0.15) is 0 Å². The minimum absolute atomic E-state index is 0.0365. The minimum atomic E-state index is -0.0841. The van der Waals surface area contributed by atoms with E-state index in [1.165, 1.54) is 31.1 Å². The second kappa shape index (κ2) is 8.27. The maximum Gasteiger partial charge on any atom is 0.261 e. The van der Waals surface area contributed by atoms with Gasteiger partial charge in [-0.3, -0.25) is 14.5 Å². The first-order valence-corrected chi connectivity index (χ1v) is 11.3. The Hall–Kier alpha value is -1.83. The molecule has 2 aromatic rings. The molecule has 0 spiro atoms. The van der Waals surface area contributed by atoms with Crippen LogP contribution in [-0.2, 0) is 4.79 Å². The quantitative estimate of drug-likeness (QED) is 0.773. The number of hydrogen-bond donors (Lipinski definition) is 2. The van der Waals surface area contributed by atoms with Crippen molar-refractivity contribution in [2.75, 3.05) is 18.4 Å². The van der Waals surface area contributed by atoms with Crippen molar-refractivity contribution >= 4 is 40.6 Å². The van der Waals surface area contributed by atoms with E-state index < -0.39 is 0 Å². The monoisotopic (exact) mass is 415 g/mol. The van der Waals surface area contributed by atoms with E-state index >= 15 is 0 Å². The Morgan fingerprint density at radius 2 is 1.96 bits per heavy atom. The average molecular weight is 416 g/mol. The molecule has 5 rings (SSSR count). The van der Waals surface area contributed by atoms with Gasteiger partial charge in [-0.25, -0.2) is 0 Å². The lowest BCUT2D eigenvalue weighted by Gasteiger charge is -2.49. The predicted molar refractivity (Wildman–Crippen MR) is 114 cm³/mol. The van der Waals surface area contributed by atoms with E-state index in [9.17, 15) is 9.59 Å². The third-order valence-electron chi connectivity index (χ3n) is 5.65. The Morgan fingerprint density at radius 3 is 2.68 bits per heavy atom. The molecule has 0 unspecified atom stereocenters. The number of piperidine rings is 3. The molecule has 3 aliphatic rings. The van der Waals surface area contributed by atoms with Crippen molar-refractivity contribution in [2.45, 2.75) is 47.9 Å². The number of rotatable bonds is 5. The summed E-state index contributed by atoms with van der Waals surface area (Å²) in [5.41, 5.74) is 0.781. The van der Waals surface area contributed by atoms with Crippen molar-refractivity contribution in [1.82, 2.24) is 10.2 Å². The molecule has 28 heavy (non-hydrogen) atoms. The van der Waals surface area contributed by atoms with Gasteiger partial charge in [0.15, 0.2) is 0 Å². The van der Waals surface area contributed by atoms with Crippen LogP contribution in [0.2, 0.25) is 0 Å². The van der Waals surface area contributed by atoms with Crippen LogP contribution in [0.3, 0.4) is 0 Å². The molecular weight excluding hydrogens is 390 g/mol. The number of hydrogen-bond acceptors (Lipinski definition) is 5. The highest BCUT2D eigenvalue weighted by Gasteiger charge is 2.40. The second-order valence-electron chi connectivity index (χ2n) is 7.54. The first-order chi connectivity index (χ1) is 13.5. The molecular formula is C21H25N3O2S2. The zero-order valence-electron chi connectivity index (χ0n) is 16.1. The topological polar surface area (TPSA) is 61.4 Å². The lowest BCUT2D eigenvalue weighted by molar-refractivity contribution is -0.114. The summed E-state index contributed by atoms with van der Waals surface area (Å²) in [5, 5.41) is 6.10. The highest BCUT2D eigenvalue weighted by Crippen LogP contribution is 2.35. The third kappa shape index (κ3) is 4.26. The van der Waals surface area contributed by atoms with Crippen LogP contribution in [0.15, 0.2) is 45.5 Å². The summed E-state index contributed by atoms with van der Waals surface area (Å²) < 4.78 is 1.06. The zero-order chi connectivity index (χ0) is 19.7. The van der Waals surface area contributed by atoms with E-state index in [1.54, 1.807) is 11.8 Å². The first kappa shape index (κ1) is 19.5. The van der Waals surface area contributed by atoms with E-state index in [0.717, 1.165) is 32.8 Å². The fourth-order valence-electron chi connectivity index (χ4n) is 4.22. The molecule has 3 fully saturated rings. The van der Waals surface area contributed by atoms with Crippen LogP contribution >= 0.6 is 23.1 Å². The number of nitrogens with one attached hydrogen (secondary N) is 2. The van der Waals surface area contributed by atoms with Gasteiger partial charge in [-0.15, -0.1) is 11.3 Å². The molecule has 0 saturated carbocycles. The largest absolute Gasteiger partial charge is 0.347 e. The molecule has 0 radical (unpaired) electrons. The van der Waals surface area contributed by atoms with Crippen molar-refractivity contribution in [3.8, 4) is 0 Å². The van der Waals surface area contributed by atoms with Gasteiger partial charge in [0, 0.05) is 29.6 Å².